The van der Waals surface area contributed by atoms with Crippen molar-refractivity contribution in [2.75, 3.05) is 0 Å². The van der Waals surface area contributed by atoms with Gasteiger partial charge in [-0.25, -0.2) is 9.78 Å². The van der Waals surface area contributed by atoms with E-state index in [1.54, 1.807) is 12.1 Å². The summed E-state index contributed by atoms with van der Waals surface area (Å²) >= 11 is 0. The van der Waals surface area contributed by atoms with E-state index >= 15 is 0 Å². The Hall–Kier alpha value is -3.80. The Morgan fingerprint density at radius 2 is 1.73 bits per heavy atom. The minimum absolute atomic E-state index is 0.186. The standard InChI is InChI=1S/C24H22N2O4/c1-15-7-8-19(11-16(15)2)30-20-9-10-21-22(13-20)26(3)23(25-21)14-29-18-6-4-5-17(12-18)24(27)28/h4-13H,14H2,1-3H3,(H,27,28). The van der Waals surface area contributed by atoms with Crippen LogP contribution in [0.25, 0.3) is 11.0 Å². The van der Waals surface area contributed by atoms with Crippen molar-refractivity contribution < 1.29 is 19.4 Å². The molecule has 0 saturated carbocycles. The average Bonchev–Trinajstić information content (AvgIpc) is 3.05. The molecule has 1 heterocycles. The van der Waals surface area contributed by atoms with Crippen LogP contribution in [0.3, 0.4) is 0 Å². The number of aromatic carboxylic acids is 1. The lowest BCUT2D eigenvalue weighted by Crippen LogP contribution is -2.04. The van der Waals surface area contributed by atoms with Gasteiger partial charge in [0.25, 0.3) is 0 Å². The smallest absolute Gasteiger partial charge is 0.335 e. The molecule has 0 radical (unpaired) electrons. The van der Waals surface area contributed by atoms with Crippen LogP contribution in [-0.4, -0.2) is 20.6 Å². The van der Waals surface area contributed by atoms with Gasteiger partial charge in [0.15, 0.2) is 0 Å². The molecule has 0 fully saturated rings. The van der Waals surface area contributed by atoms with E-state index in [1.165, 1.54) is 23.3 Å². The molecule has 4 rings (SSSR count). The maximum Gasteiger partial charge on any atom is 0.335 e. The van der Waals surface area contributed by atoms with Crippen LogP contribution in [0, 0.1) is 13.8 Å². The molecule has 0 spiro atoms. The van der Waals surface area contributed by atoms with E-state index in [-0.39, 0.29) is 12.2 Å². The van der Waals surface area contributed by atoms with Crippen LogP contribution >= 0.6 is 0 Å². The Kier molecular flexibility index (Phi) is 5.14. The van der Waals surface area contributed by atoms with E-state index < -0.39 is 5.97 Å². The second kappa shape index (κ2) is 7.91. The van der Waals surface area contributed by atoms with E-state index in [4.69, 9.17) is 14.6 Å². The largest absolute Gasteiger partial charge is 0.486 e. The summed E-state index contributed by atoms with van der Waals surface area (Å²) in [5.74, 6) is 1.76. The number of nitrogens with zero attached hydrogens (tertiary/aromatic N) is 2. The lowest BCUT2D eigenvalue weighted by Gasteiger charge is -2.09. The molecular formula is C24H22N2O4. The number of carbonyl (C=O) groups is 1. The summed E-state index contributed by atoms with van der Waals surface area (Å²) in [6.45, 7) is 4.36. The molecule has 0 unspecified atom stereocenters. The van der Waals surface area contributed by atoms with Gasteiger partial charge in [0.1, 0.15) is 29.7 Å². The SMILES string of the molecule is Cc1ccc(Oc2ccc3nc(COc4cccc(C(=O)O)c4)n(C)c3c2)cc1C. The fourth-order valence-electron chi connectivity index (χ4n) is 3.19. The van der Waals surface area contributed by atoms with Crippen molar-refractivity contribution in [2.45, 2.75) is 20.5 Å². The lowest BCUT2D eigenvalue weighted by atomic mass is 10.1. The summed E-state index contributed by atoms with van der Waals surface area (Å²) in [6, 6.07) is 18.2. The van der Waals surface area contributed by atoms with Crippen molar-refractivity contribution in [1.29, 1.82) is 0 Å². The van der Waals surface area contributed by atoms with Gasteiger partial charge in [-0.2, -0.15) is 0 Å². The van der Waals surface area contributed by atoms with Gasteiger partial charge in [0.05, 0.1) is 16.6 Å². The highest BCUT2D eigenvalue weighted by Gasteiger charge is 2.11. The zero-order chi connectivity index (χ0) is 21.3. The van der Waals surface area contributed by atoms with Gasteiger partial charge in [0, 0.05) is 13.1 Å². The molecule has 0 aliphatic heterocycles. The first kappa shape index (κ1) is 19.5. The number of aromatic nitrogens is 2. The number of hydrogen-bond donors (Lipinski definition) is 1. The highest BCUT2D eigenvalue weighted by atomic mass is 16.5. The number of hydrogen-bond acceptors (Lipinski definition) is 4. The molecule has 0 aliphatic carbocycles. The zero-order valence-electron chi connectivity index (χ0n) is 17.0. The van der Waals surface area contributed by atoms with Crippen molar-refractivity contribution >= 4 is 17.0 Å². The van der Waals surface area contributed by atoms with Crippen molar-refractivity contribution in [3.63, 3.8) is 0 Å². The van der Waals surface area contributed by atoms with Crippen molar-refractivity contribution in [3.05, 3.63) is 83.2 Å². The number of carboxylic acid groups (broad SMARTS) is 1. The summed E-state index contributed by atoms with van der Waals surface area (Å²) in [6.07, 6.45) is 0. The molecule has 152 valence electrons. The zero-order valence-corrected chi connectivity index (χ0v) is 17.0. The van der Waals surface area contributed by atoms with Crippen LogP contribution in [0.1, 0.15) is 27.3 Å². The maximum atomic E-state index is 11.1. The predicted octanol–water partition coefficient (Wildman–Crippen LogP) is 5.26. The fourth-order valence-corrected chi connectivity index (χ4v) is 3.19. The quantitative estimate of drug-likeness (QED) is 0.476. The first-order valence-electron chi connectivity index (χ1n) is 9.57. The normalized spacial score (nSPS) is 10.9. The molecule has 3 aromatic carbocycles. The highest BCUT2D eigenvalue weighted by Crippen LogP contribution is 2.27. The predicted molar refractivity (Wildman–Crippen MR) is 114 cm³/mol. The molecule has 1 aromatic heterocycles. The van der Waals surface area contributed by atoms with Gasteiger partial charge < -0.3 is 19.1 Å². The Labute approximate surface area is 174 Å². The third-order valence-electron chi connectivity index (χ3n) is 5.11. The average molecular weight is 402 g/mol. The summed E-state index contributed by atoms with van der Waals surface area (Å²) in [5.41, 5.74) is 4.35. The topological polar surface area (TPSA) is 73.6 Å². The summed E-state index contributed by atoms with van der Waals surface area (Å²) in [7, 11) is 1.92. The number of benzene rings is 3. The number of aryl methyl sites for hydroxylation is 3. The molecule has 0 bridgehead atoms. The first-order valence-corrected chi connectivity index (χ1v) is 9.57. The van der Waals surface area contributed by atoms with Crippen LogP contribution < -0.4 is 9.47 Å². The summed E-state index contributed by atoms with van der Waals surface area (Å²) in [4.78, 5) is 15.7. The molecule has 6 nitrogen and oxygen atoms in total. The molecule has 0 atom stereocenters. The fraction of sp³-hybridized carbons (Fsp3) is 0.167. The van der Waals surface area contributed by atoms with Gasteiger partial charge >= 0.3 is 5.97 Å². The number of ether oxygens (including phenoxy) is 2. The maximum absolute atomic E-state index is 11.1. The van der Waals surface area contributed by atoms with Crippen LogP contribution in [0.2, 0.25) is 0 Å². The second-order valence-electron chi connectivity index (χ2n) is 7.21. The van der Waals surface area contributed by atoms with Gasteiger partial charge in [-0.05, 0) is 67.4 Å². The molecule has 30 heavy (non-hydrogen) atoms. The molecule has 0 saturated heterocycles. The van der Waals surface area contributed by atoms with Crippen LogP contribution in [0.15, 0.2) is 60.7 Å². The molecule has 4 aromatic rings. The molecular weight excluding hydrogens is 380 g/mol. The van der Waals surface area contributed by atoms with Gasteiger partial charge in [-0.3, -0.25) is 0 Å². The minimum atomic E-state index is -0.987. The van der Waals surface area contributed by atoms with E-state index in [0.29, 0.717) is 5.75 Å². The van der Waals surface area contributed by atoms with E-state index in [0.717, 1.165) is 28.4 Å². The Morgan fingerprint density at radius 1 is 0.967 bits per heavy atom. The molecule has 0 aliphatic rings. The van der Waals surface area contributed by atoms with Crippen molar-refractivity contribution in [1.82, 2.24) is 9.55 Å². The Bertz CT molecular complexity index is 1240. The monoisotopic (exact) mass is 402 g/mol. The third-order valence-corrected chi connectivity index (χ3v) is 5.11. The number of fused-ring (bicyclic) bond motifs is 1. The first-order chi connectivity index (χ1) is 14.4. The Balaban J connectivity index is 1.54. The van der Waals surface area contributed by atoms with Crippen LogP contribution in [-0.2, 0) is 13.7 Å². The number of carboxylic acids is 1. The third kappa shape index (κ3) is 3.98. The van der Waals surface area contributed by atoms with E-state index in [1.807, 2.05) is 48.0 Å². The minimum Gasteiger partial charge on any atom is -0.486 e. The van der Waals surface area contributed by atoms with E-state index in [9.17, 15) is 4.79 Å². The van der Waals surface area contributed by atoms with Gasteiger partial charge in [0.2, 0.25) is 0 Å². The lowest BCUT2D eigenvalue weighted by molar-refractivity contribution is 0.0696. The van der Waals surface area contributed by atoms with Crippen molar-refractivity contribution in [2.24, 2.45) is 7.05 Å². The van der Waals surface area contributed by atoms with Gasteiger partial charge in [-0.1, -0.05) is 12.1 Å². The highest BCUT2D eigenvalue weighted by molar-refractivity contribution is 5.88. The van der Waals surface area contributed by atoms with Crippen LogP contribution in [0.4, 0.5) is 0 Å². The molecule has 6 heteroatoms. The summed E-state index contributed by atoms with van der Waals surface area (Å²) in [5, 5.41) is 9.11. The van der Waals surface area contributed by atoms with Gasteiger partial charge in [-0.15, -0.1) is 0 Å². The van der Waals surface area contributed by atoms with Crippen LogP contribution in [0.5, 0.6) is 17.2 Å². The second-order valence-corrected chi connectivity index (χ2v) is 7.21. The molecule has 0 amide bonds. The number of imidazole rings is 1. The van der Waals surface area contributed by atoms with Crippen molar-refractivity contribution in [3.8, 4) is 17.2 Å². The number of rotatable bonds is 6. The molecule has 1 N–H and O–H groups in total. The Morgan fingerprint density at radius 3 is 2.50 bits per heavy atom. The van der Waals surface area contributed by atoms with E-state index in [2.05, 4.69) is 18.8 Å². The summed E-state index contributed by atoms with van der Waals surface area (Å²) < 4.78 is 13.7.